The topological polar surface area (TPSA) is 70.4 Å². The van der Waals surface area contributed by atoms with Crippen LogP contribution in [-0.2, 0) is 6.54 Å². The molecule has 0 unspecified atom stereocenters. The number of carbonyl (C=O) groups is 1. The lowest BCUT2D eigenvalue weighted by Crippen LogP contribution is -2.36. The highest BCUT2D eigenvalue weighted by molar-refractivity contribution is 5.74. The van der Waals surface area contributed by atoms with Crippen LogP contribution in [0.25, 0.3) is 0 Å². The molecule has 1 aliphatic rings. The number of aryl methyl sites for hydroxylation is 1. The van der Waals surface area contributed by atoms with Crippen molar-refractivity contribution in [2.24, 2.45) is 0 Å². The first-order valence-corrected chi connectivity index (χ1v) is 8.42. The Morgan fingerprint density at radius 2 is 2.12 bits per heavy atom. The number of anilines is 1. The zero-order chi connectivity index (χ0) is 16.9. The summed E-state index contributed by atoms with van der Waals surface area (Å²) in [5, 5.41) is 5.77. The minimum atomic E-state index is -0.212. The van der Waals surface area contributed by atoms with Crippen LogP contribution >= 0.6 is 0 Å². The molecule has 6 nitrogen and oxygen atoms in total. The summed E-state index contributed by atoms with van der Waals surface area (Å²) < 4.78 is 5.53. The first-order chi connectivity index (χ1) is 11.6. The predicted molar refractivity (Wildman–Crippen MR) is 92.9 cm³/mol. The third kappa shape index (κ3) is 4.07. The van der Waals surface area contributed by atoms with Gasteiger partial charge in [-0.2, -0.15) is 0 Å². The van der Waals surface area contributed by atoms with Crippen molar-refractivity contribution in [2.45, 2.75) is 39.3 Å². The molecular formula is C18H24N4O2. The number of hydrogen-bond donors (Lipinski definition) is 2. The standard InChI is InChI=1S/C18H24N4O2/c1-13-5-6-16(24-13)14(2)21-18(23)20-12-15-7-8-19-17(11-15)22-9-3-4-10-22/h5-8,11,14H,3-4,9-10,12H2,1-2H3,(H2,20,21,23)/t14-/m1/s1. The van der Waals surface area contributed by atoms with Gasteiger partial charge in [0.25, 0.3) is 0 Å². The lowest BCUT2D eigenvalue weighted by Gasteiger charge is -2.17. The molecule has 0 saturated carbocycles. The molecular weight excluding hydrogens is 304 g/mol. The highest BCUT2D eigenvalue weighted by Crippen LogP contribution is 2.18. The Hall–Kier alpha value is -2.50. The van der Waals surface area contributed by atoms with Crippen LogP contribution in [0.1, 0.15) is 42.9 Å². The number of amides is 2. The van der Waals surface area contributed by atoms with E-state index >= 15 is 0 Å². The lowest BCUT2D eigenvalue weighted by molar-refractivity contribution is 0.235. The van der Waals surface area contributed by atoms with Gasteiger partial charge in [-0.25, -0.2) is 9.78 Å². The largest absolute Gasteiger partial charge is 0.464 e. The van der Waals surface area contributed by atoms with E-state index in [-0.39, 0.29) is 12.1 Å². The quantitative estimate of drug-likeness (QED) is 0.884. The normalized spacial score (nSPS) is 15.3. The van der Waals surface area contributed by atoms with Crippen molar-refractivity contribution >= 4 is 11.8 Å². The monoisotopic (exact) mass is 328 g/mol. The molecule has 2 N–H and O–H groups in total. The van der Waals surface area contributed by atoms with Crippen molar-refractivity contribution in [3.63, 3.8) is 0 Å². The van der Waals surface area contributed by atoms with Gasteiger partial charge < -0.3 is 20.0 Å². The number of hydrogen-bond acceptors (Lipinski definition) is 4. The zero-order valence-electron chi connectivity index (χ0n) is 14.2. The van der Waals surface area contributed by atoms with E-state index in [1.165, 1.54) is 12.8 Å². The van der Waals surface area contributed by atoms with Crippen LogP contribution in [0.5, 0.6) is 0 Å². The van der Waals surface area contributed by atoms with E-state index in [1.54, 1.807) is 6.20 Å². The second-order valence-electron chi connectivity index (χ2n) is 6.21. The third-order valence-electron chi connectivity index (χ3n) is 4.23. The Bertz CT molecular complexity index is 692. The molecule has 0 aliphatic carbocycles. The molecule has 128 valence electrons. The van der Waals surface area contributed by atoms with Gasteiger partial charge >= 0.3 is 6.03 Å². The van der Waals surface area contributed by atoms with Crippen molar-refractivity contribution in [1.29, 1.82) is 0 Å². The van der Waals surface area contributed by atoms with Crippen LogP contribution in [0.2, 0.25) is 0 Å². The van der Waals surface area contributed by atoms with Gasteiger partial charge in [0.15, 0.2) is 0 Å². The van der Waals surface area contributed by atoms with Crippen molar-refractivity contribution < 1.29 is 9.21 Å². The van der Waals surface area contributed by atoms with Gasteiger partial charge in [0.2, 0.25) is 0 Å². The summed E-state index contributed by atoms with van der Waals surface area (Å²) in [6, 6.07) is 7.37. The fourth-order valence-corrected chi connectivity index (χ4v) is 2.88. The number of carbonyl (C=O) groups excluding carboxylic acids is 1. The van der Waals surface area contributed by atoms with E-state index in [0.717, 1.165) is 36.0 Å². The first-order valence-electron chi connectivity index (χ1n) is 8.42. The van der Waals surface area contributed by atoms with E-state index in [9.17, 15) is 4.79 Å². The molecule has 0 spiro atoms. The van der Waals surface area contributed by atoms with Crippen molar-refractivity contribution in [1.82, 2.24) is 15.6 Å². The number of pyridine rings is 1. The summed E-state index contributed by atoms with van der Waals surface area (Å²) in [4.78, 5) is 18.8. The van der Waals surface area contributed by atoms with Gasteiger partial charge in [0.05, 0.1) is 6.04 Å². The van der Waals surface area contributed by atoms with Crippen molar-refractivity contribution in [3.05, 3.63) is 47.5 Å². The molecule has 2 aromatic heterocycles. The van der Waals surface area contributed by atoms with Gasteiger partial charge in [-0.1, -0.05) is 0 Å². The molecule has 24 heavy (non-hydrogen) atoms. The maximum atomic E-state index is 12.1. The summed E-state index contributed by atoms with van der Waals surface area (Å²) in [6.45, 7) is 6.38. The highest BCUT2D eigenvalue weighted by Gasteiger charge is 2.15. The average Bonchev–Trinajstić information content (AvgIpc) is 3.25. The molecule has 1 fully saturated rings. The van der Waals surface area contributed by atoms with E-state index < -0.39 is 0 Å². The fourth-order valence-electron chi connectivity index (χ4n) is 2.88. The van der Waals surface area contributed by atoms with E-state index in [4.69, 9.17) is 4.42 Å². The zero-order valence-corrected chi connectivity index (χ0v) is 14.2. The smallest absolute Gasteiger partial charge is 0.315 e. The van der Waals surface area contributed by atoms with Gasteiger partial charge in [0.1, 0.15) is 17.3 Å². The first kappa shape index (κ1) is 16.4. The Morgan fingerprint density at radius 1 is 1.33 bits per heavy atom. The Labute approximate surface area is 142 Å². The van der Waals surface area contributed by atoms with Gasteiger partial charge in [-0.3, -0.25) is 0 Å². The van der Waals surface area contributed by atoms with Crippen molar-refractivity contribution in [3.8, 4) is 0 Å². The molecule has 3 heterocycles. The second kappa shape index (κ2) is 7.38. The molecule has 2 aromatic rings. The minimum absolute atomic E-state index is 0.170. The van der Waals surface area contributed by atoms with Crippen LogP contribution in [0.3, 0.4) is 0 Å². The second-order valence-corrected chi connectivity index (χ2v) is 6.21. The van der Waals surface area contributed by atoms with Crippen LogP contribution in [-0.4, -0.2) is 24.1 Å². The molecule has 0 aromatic carbocycles. The Kier molecular flexibility index (Phi) is 5.03. The number of urea groups is 1. The summed E-state index contributed by atoms with van der Waals surface area (Å²) in [5.74, 6) is 2.58. The maximum absolute atomic E-state index is 12.1. The van der Waals surface area contributed by atoms with Crippen LogP contribution < -0.4 is 15.5 Å². The average molecular weight is 328 g/mol. The SMILES string of the molecule is Cc1ccc([C@@H](C)NC(=O)NCc2ccnc(N3CCCC3)c2)o1. The molecule has 2 amide bonds. The lowest BCUT2D eigenvalue weighted by atomic mass is 10.2. The number of nitrogens with one attached hydrogen (secondary N) is 2. The maximum Gasteiger partial charge on any atom is 0.315 e. The third-order valence-corrected chi connectivity index (χ3v) is 4.23. The number of nitrogens with zero attached hydrogens (tertiary/aromatic N) is 2. The molecule has 1 aliphatic heterocycles. The Morgan fingerprint density at radius 3 is 2.83 bits per heavy atom. The van der Waals surface area contributed by atoms with E-state index in [2.05, 4.69) is 20.5 Å². The molecule has 1 saturated heterocycles. The van der Waals surface area contributed by atoms with Crippen LogP contribution in [0.15, 0.2) is 34.9 Å². The highest BCUT2D eigenvalue weighted by atomic mass is 16.3. The number of aromatic nitrogens is 1. The molecule has 0 bridgehead atoms. The van der Waals surface area contributed by atoms with E-state index in [1.807, 2.05) is 38.1 Å². The Balaban J connectivity index is 1.51. The molecule has 3 rings (SSSR count). The number of rotatable bonds is 5. The van der Waals surface area contributed by atoms with Gasteiger partial charge in [0, 0.05) is 25.8 Å². The summed E-state index contributed by atoms with van der Waals surface area (Å²) in [7, 11) is 0. The van der Waals surface area contributed by atoms with Gasteiger partial charge in [-0.15, -0.1) is 0 Å². The molecule has 6 heteroatoms. The van der Waals surface area contributed by atoms with Gasteiger partial charge in [-0.05, 0) is 56.5 Å². The predicted octanol–water partition coefficient (Wildman–Crippen LogP) is 3.14. The fraction of sp³-hybridized carbons (Fsp3) is 0.444. The number of furan rings is 1. The molecule has 0 radical (unpaired) electrons. The van der Waals surface area contributed by atoms with E-state index in [0.29, 0.717) is 6.54 Å². The van der Waals surface area contributed by atoms with Crippen LogP contribution in [0, 0.1) is 6.92 Å². The summed E-state index contributed by atoms with van der Waals surface area (Å²) >= 11 is 0. The van der Waals surface area contributed by atoms with Crippen LogP contribution in [0.4, 0.5) is 10.6 Å². The summed E-state index contributed by atoms with van der Waals surface area (Å²) in [6.07, 6.45) is 4.24. The summed E-state index contributed by atoms with van der Waals surface area (Å²) in [5.41, 5.74) is 1.04. The minimum Gasteiger partial charge on any atom is -0.464 e. The van der Waals surface area contributed by atoms with Crippen molar-refractivity contribution in [2.75, 3.05) is 18.0 Å². The molecule has 1 atom stereocenters.